The van der Waals surface area contributed by atoms with E-state index in [4.69, 9.17) is 4.74 Å². The van der Waals surface area contributed by atoms with Crippen LogP contribution in [0.3, 0.4) is 0 Å². The van der Waals surface area contributed by atoms with Gasteiger partial charge in [0, 0.05) is 45.3 Å². The monoisotopic (exact) mass is 493 g/mol. The largest absolute Gasteiger partial charge is 0.416 e. The molecule has 10 heteroatoms. The Morgan fingerprint density at radius 2 is 1.83 bits per heavy atom. The van der Waals surface area contributed by atoms with E-state index in [1.807, 2.05) is 23.1 Å². The molecule has 0 radical (unpaired) electrons. The molecule has 190 valence electrons. The number of carbonyl (C=O) groups is 1. The van der Waals surface area contributed by atoms with Crippen LogP contribution in [0.1, 0.15) is 30.4 Å². The molecule has 2 aromatic carbocycles. The van der Waals surface area contributed by atoms with Crippen LogP contribution in [0.15, 0.2) is 48.5 Å². The number of amides is 1. The van der Waals surface area contributed by atoms with Gasteiger partial charge in [-0.1, -0.05) is 30.3 Å². The van der Waals surface area contributed by atoms with Gasteiger partial charge in [0.1, 0.15) is 5.69 Å². The van der Waals surface area contributed by atoms with Crippen molar-refractivity contribution in [2.24, 2.45) is 5.92 Å². The van der Waals surface area contributed by atoms with E-state index in [1.54, 1.807) is 12.0 Å². The molecular weight excluding hydrogens is 463 g/mol. The summed E-state index contributed by atoms with van der Waals surface area (Å²) >= 11 is 0. The second-order valence-corrected chi connectivity index (χ2v) is 8.63. The molecule has 1 fully saturated rings. The lowest BCUT2D eigenvalue weighted by molar-refractivity contribution is -0.384. The number of alkyl halides is 3. The minimum Gasteiger partial charge on any atom is -0.383 e. The fourth-order valence-corrected chi connectivity index (χ4v) is 4.39. The number of ether oxygens (including phenoxy) is 1. The van der Waals surface area contributed by atoms with Crippen LogP contribution in [0.4, 0.5) is 24.5 Å². The lowest BCUT2D eigenvalue weighted by atomic mass is 9.94. The van der Waals surface area contributed by atoms with Gasteiger partial charge in [-0.2, -0.15) is 13.2 Å². The summed E-state index contributed by atoms with van der Waals surface area (Å²) in [7, 11) is 1.59. The summed E-state index contributed by atoms with van der Waals surface area (Å²) in [5.74, 6) is -0.218. The number of nitrogens with zero attached hydrogens (tertiary/aromatic N) is 3. The molecule has 0 bridgehead atoms. The average Bonchev–Trinajstić information content (AvgIpc) is 2.85. The first-order valence-corrected chi connectivity index (χ1v) is 11.6. The maximum absolute atomic E-state index is 13.2. The molecule has 1 aliphatic rings. The van der Waals surface area contributed by atoms with Crippen LogP contribution >= 0.6 is 0 Å². The number of rotatable bonds is 10. The zero-order valence-corrected chi connectivity index (χ0v) is 19.7. The van der Waals surface area contributed by atoms with Crippen LogP contribution < -0.4 is 4.90 Å². The molecule has 1 heterocycles. The molecule has 0 saturated carbocycles. The molecule has 1 aliphatic heterocycles. The lowest BCUT2D eigenvalue weighted by Gasteiger charge is -2.35. The third-order valence-electron chi connectivity index (χ3n) is 6.30. The SMILES string of the molecule is COCCN(CCCc1ccccc1)C(=O)C1CCN(c2ccc(C(F)(F)F)cc2[N+](=O)[O-])CC1. The number of halogens is 3. The Morgan fingerprint density at radius 3 is 2.43 bits per heavy atom. The molecule has 0 atom stereocenters. The van der Waals surface area contributed by atoms with Crippen molar-refractivity contribution in [3.8, 4) is 0 Å². The highest BCUT2D eigenvalue weighted by Gasteiger charge is 2.35. The van der Waals surface area contributed by atoms with Crippen molar-refractivity contribution in [3.63, 3.8) is 0 Å². The van der Waals surface area contributed by atoms with Crippen LogP contribution in [0.25, 0.3) is 0 Å². The molecule has 0 aromatic heterocycles. The van der Waals surface area contributed by atoms with Crippen LogP contribution in [-0.2, 0) is 22.1 Å². The molecule has 0 aliphatic carbocycles. The number of hydrogen-bond donors (Lipinski definition) is 0. The van der Waals surface area contributed by atoms with Gasteiger partial charge in [-0.25, -0.2) is 0 Å². The molecule has 2 aromatic rings. The van der Waals surface area contributed by atoms with E-state index in [0.717, 1.165) is 25.0 Å². The van der Waals surface area contributed by atoms with E-state index in [1.165, 1.54) is 5.56 Å². The minimum absolute atomic E-state index is 0.0247. The maximum Gasteiger partial charge on any atom is 0.416 e. The van der Waals surface area contributed by atoms with Crippen molar-refractivity contribution in [3.05, 3.63) is 69.8 Å². The number of aryl methyl sites for hydroxylation is 1. The van der Waals surface area contributed by atoms with Crippen molar-refractivity contribution in [1.29, 1.82) is 0 Å². The molecule has 3 rings (SSSR count). The Hall–Kier alpha value is -3.14. The Balaban J connectivity index is 1.62. The molecular formula is C25H30F3N3O4. The van der Waals surface area contributed by atoms with Crippen LogP contribution in [-0.4, -0.2) is 55.6 Å². The van der Waals surface area contributed by atoms with Crippen LogP contribution in [0.2, 0.25) is 0 Å². The molecule has 7 nitrogen and oxygen atoms in total. The number of benzene rings is 2. The Kier molecular flexibility index (Phi) is 9.08. The highest BCUT2D eigenvalue weighted by molar-refractivity contribution is 5.79. The van der Waals surface area contributed by atoms with Crippen molar-refractivity contribution >= 4 is 17.3 Å². The van der Waals surface area contributed by atoms with Gasteiger partial charge in [0.15, 0.2) is 0 Å². The number of hydrogen-bond acceptors (Lipinski definition) is 5. The molecule has 0 spiro atoms. The standard InChI is InChI=1S/C25H30F3N3O4/c1-35-17-16-30(13-5-8-19-6-3-2-4-7-19)24(32)20-11-14-29(15-12-20)22-10-9-21(25(26,27)28)18-23(22)31(33)34/h2-4,6-7,9-10,18,20H,5,8,11-17H2,1H3. The maximum atomic E-state index is 13.2. The summed E-state index contributed by atoms with van der Waals surface area (Å²) < 4.78 is 44.2. The third kappa shape index (κ3) is 7.17. The number of methoxy groups -OCH3 is 1. The van der Waals surface area contributed by atoms with E-state index >= 15 is 0 Å². The van der Waals surface area contributed by atoms with E-state index in [-0.39, 0.29) is 17.5 Å². The Bertz CT molecular complexity index is 993. The number of nitro groups is 1. The summed E-state index contributed by atoms with van der Waals surface area (Å²) in [5.41, 5.74) is -0.277. The predicted octanol–water partition coefficient (Wildman–Crippen LogP) is 4.94. The smallest absolute Gasteiger partial charge is 0.383 e. The van der Waals surface area contributed by atoms with E-state index in [2.05, 4.69) is 12.1 Å². The van der Waals surface area contributed by atoms with Gasteiger partial charge in [0.2, 0.25) is 5.91 Å². The molecule has 35 heavy (non-hydrogen) atoms. The van der Waals surface area contributed by atoms with Crippen molar-refractivity contribution in [2.45, 2.75) is 31.9 Å². The van der Waals surface area contributed by atoms with Gasteiger partial charge >= 0.3 is 6.18 Å². The highest BCUT2D eigenvalue weighted by atomic mass is 19.4. The van der Waals surface area contributed by atoms with Gasteiger partial charge in [0.05, 0.1) is 17.1 Å². The molecule has 0 N–H and O–H groups in total. The van der Waals surface area contributed by atoms with Gasteiger partial charge < -0.3 is 14.5 Å². The summed E-state index contributed by atoms with van der Waals surface area (Å²) in [6.07, 6.45) is -2.04. The third-order valence-corrected chi connectivity index (χ3v) is 6.30. The minimum atomic E-state index is -4.66. The number of carbonyl (C=O) groups excluding carboxylic acids is 1. The predicted molar refractivity (Wildman–Crippen MR) is 126 cm³/mol. The van der Waals surface area contributed by atoms with Crippen molar-refractivity contribution < 1.29 is 27.6 Å². The molecule has 0 unspecified atom stereocenters. The van der Waals surface area contributed by atoms with Crippen molar-refractivity contribution in [2.75, 3.05) is 44.8 Å². The van der Waals surface area contributed by atoms with Crippen LogP contribution in [0.5, 0.6) is 0 Å². The zero-order chi connectivity index (χ0) is 25.4. The normalized spacial score (nSPS) is 14.7. The first-order valence-electron chi connectivity index (χ1n) is 11.6. The fourth-order valence-electron chi connectivity index (χ4n) is 4.39. The van der Waals surface area contributed by atoms with Gasteiger partial charge in [-0.05, 0) is 43.4 Å². The molecule has 1 amide bonds. The van der Waals surface area contributed by atoms with E-state index in [0.29, 0.717) is 51.7 Å². The Morgan fingerprint density at radius 1 is 1.14 bits per heavy atom. The Labute approximate surface area is 202 Å². The average molecular weight is 494 g/mol. The van der Waals surface area contributed by atoms with Gasteiger partial charge in [-0.3, -0.25) is 14.9 Å². The number of nitro benzene ring substituents is 1. The summed E-state index contributed by atoms with van der Waals surface area (Å²) in [4.78, 5) is 27.4. The summed E-state index contributed by atoms with van der Waals surface area (Å²) in [6.45, 7) is 2.21. The van der Waals surface area contributed by atoms with Gasteiger partial charge in [0.25, 0.3) is 5.69 Å². The first-order chi connectivity index (χ1) is 16.7. The second-order valence-electron chi connectivity index (χ2n) is 8.63. The van der Waals surface area contributed by atoms with Gasteiger partial charge in [-0.15, -0.1) is 0 Å². The molecule has 1 saturated heterocycles. The number of anilines is 1. The quantitative estimate of drug-likeness (QED) is 0.346. The van der Waals surface area contributed by atoms with Crippen LogP contribution in [0, 0.1) is 16.0 Å². The second kappa shape index (κ2) is 12.0. The number of piperidine rings is 1. The highest BCUT2D eigenvalue weighted by Crippen LogP contribution is 2.37. The topological polar surface area (TPSA) is 75.9 Å². The fraction of sp³-hybridized carbons (Fsp3) is 0.480. The zero-order valence-electron chi connectivity index (χ0n) is 19.7. The van der Waals surface area contributed by atoms with E-state index < -0.39 is 22.4 Å². The van der Waals surface area contributed by atoms with Crippen molar-refractivity contribution in [1.82, 2.24) is 4.90 Å². The summed E-state index contributed by atoms with van der Waals surface area (Å²) in [6, 6.07) is 12.6. The first kappa shape index (κ1) is 26.5. The summed E-state index contributed by atoms with van der Waals surface area (Å²) in [5, 5.41) is 11.4. The lowest BCUT2D eigenvalue weighted by Crippen LogP contribution is -2.44. The van der Waals surface area contributed by atoms with E-state index in [9.17, 15) is 28.1 Å².